The molecule has 0 aliphatic heterocycles. The number of fused-ring (bicyclic) bond motifs is 1. The van der Waals surface area contributed by atoms with Gasteiger partial charge < -0.3 is 11.5 Å². The summed E-state index contributed by atoms with van der Waals surface area (Å²) in [5.74, 6) is 0.249. The molecule has 0 amide bonds. The number of hydrogen-bond acceptors (Lipinski definition) is 4. The number of benzene rings is 1. The van der Waals surface area contributed by atoms with Crippen molar-refractivity contribution in [3.63, 3.8) is 0 Å². The monoisotopic (exact) mass is 254 g/mol. The van der Waals surface area contributed by atoms with Crippen LogP contribution in [0, 0.1) is 5.82 Å². The molecular weight excluding hydrogens is 243 g/mol. The standard InChI is InChI=1S/C14H11FN4/c15-9-6-8-2-1-5-18-13(8)11(7-9)10-3-4-12(16)19-14(10)17/h1-7H,(H4,16,17,19). The number of nitrogens with zero attached hydrogens (tertiary/aromatic N) is 2. The highest BCUT2D eigenvalue weighted by Crippen LogP contribution is 2.31. The fourth-order valence-electron chi connectivity index (χ4n) is 2.08. The van der Waals surface area contributed by atoms with Gasteiger partial charge in [0.1, 0.15) is 17.5 Å². The maximum atomic E-state index is 13.7. The van der Waals surface area contributed by atoms with E-state index in [0.717, 1.165) is 0 Å². The van der Waals surface area contributed by atoms with E-state index in [2.05, 4.69) is 9.97 Å². The molecule has 2 aromatic heterocycles. The van der Waals surface area contributed by atoms with Crippen LogP contribution in [0.25, 0.3) is 22.0 Å². The molecule has 0 saturated heterocycles. The Morgan fingerprint density at radius 1 is 1.00 bits per heavy atom. The smallest absolute Gasteiger partial charge is 0.133 e. The summed E-state index contributed by atoms with van der Waals surface area (Å²) in [7, 11) is 0. The summed E-state index contributed by atoms with van der Waals surface area (Å²) in [6.07, 6.45) is 1.66. The average Bonchev–Trinajstić information content (AvgIpc) is 2.38. The molecule has 0 spiro atoms. The molecule has 4 N–H and O–H groups in total. The zero-order chi connectivity index (χ0) is 13.4. The van der Waals surface area contributed by atoms with Crippen LogP contribution in [0.15, 0.2) is 42.6 Å². The van der Waals surface area contributed by atoms with Gasteiger partial charge in [0.2, 0.25) is 0 Å². The van der Waals surface area contributed by atoms with Gasteiger partial charge in [-0.25, -0.2) is 9.37 Å². The van der Waals surface area contributed by atoms with Crippen molar-refractivity contribution in [3.05, 3.63) is 48.4 Å². The molecule has 5 heteroatoms. The summed E-state index contributed by atoms with van der Waals surface area (Å²) in [6, 6.07) is 9.75. The number of anilines is 2. The van der Waals surface area contributed by atoms with E-state index in [4.69, 9.17) is 11.5 Å². The van der Waals surface area contributed by atoms with E-state index >= 15 is 0 Å². The highest BCUT2D eigenvalue weighted by atomic mass is 19.1. The van der Waals surface area contributed by atoms with E-state index in [1.807, 2.05) is 0 Å². The zero-order valence-electron chi connectivity index (χ0n) is 9.97. The molecule has 1 aromatic carbocycles. The van der Waals surface area contributed by atoms with Gasteiger partial charge in [0.25, 0.3) is 0 Å². The Labute approximate surface area is 108 Å². The number of halogens is 1. The molecule has 2 heterocycles. The van der Waals surface area contributed by atoms with E-state index in [9.17, 15) is 4.39 Å². The maximum absolute atomic E-state index is 13.7. The third-order valence-corrected chi connectivity index (χ3v) is 2.91. The first-order chi connectivity index (χ1) is 9.15. The first kappa shape index (κ1) is 11.4. The predicted octanol–water partition coefficient (Wildman–Crippen LogP) is 2.60. The largest absolute Gasteiger partial charge is 0.384 e. The molecular formula is C14H11FN4. The van der Waals surface area contributed by atoms with Crippen molar-refractivity contribution in [2.75, 3.05) is 11.5 Å². The van der Waals surface area contributed by atoms with Crippen molar-refractivity contribution in [1.82, 2.24) is 9.97 Å². The van der Waals surface area contributed by atoms with Gasteiger partial charge in [-0.05, 0) is 30.3 Å². The summed E-state index contributed by atoms with van der Waals surface area (Å²) in [5.41, 5.74) is 13.3. The Hall–Kier alpha value is -2.69. The summed E-state index contributed by atoms with van der Waals surface area (Å²) in [6.45, 7) is 0. The van der Waals surface area contributed by atoms with Crippen molar-refractivity contribution in [1.29, 1.82) is 0 Å². The molecule has 19 heavy (non-hydrogen) atoms. The zero-order valence-corrected chi connectivity index (χ0v) is 9.97. The highest BCUT2D eigenvalue weighted by Gasteiger charge is 2.11. The summed E-state index contributed by atoms with van der Waals surface area (Å²) in [5, 5.41) is 0.716. The number of pyridine rings is 2. The second kappa shape index (κ2) is 4.20. The van der Waals surface area contributed by atoms with Crippen molar-refractivity contribution in [2.24, 2.45) is 0 Å². The van der Waals surface area contributed by atoms with Crippen LogP contribution in [0.3, 0.4) is 0 Å². The van der Waals surface area contributed by atoms with Crippen LogP contribution in [0.4, 0.5) is 16.0 Å². The Morgan fingerprint density at radius 2 is 1.84 bits per heavy atom. The molecule has 4 nitrogen and oxygen atoms in total. The van der Waals surface area contributed by atoms with Crippen molar-refractivity contribution < 1.29 is 4.39 Å². The van der Waals surface area contributed by atoms with Crippen LogP contribution in [0.1, 0.15) is 0 Å². The highest BCUT2D eigenvalue weighted by molar-refractivity contribution is 5.96. The molecule has 94 valence electrons. The van der Waals surface area contributed by atoms with Crippen LogP contribution in [0.5, 0.6) is 0 Å². The van der Waals surface area contributed by atoms with Gasteiger partial charge in [-0.3, -0.25) is 4.98 Å². The second-order valence-corrected chi connectivity index (χ2v) is 4.20. The van der Waals surface area contributed by atoms with Crippen LogP contribution in [-0.2, 0) is 0 Å². The van der Waals surface area contributed by atoms with Gasteiger partial charge in [0, 0.05) is 22.7 Å². The van der Waals surface area contributed by atoms with E-state index in [-0.39, 0.29) is 11.6 Å². The van der Waals surface area contributed by atoms with Crippen LogP contribution in [0.2, 0.25) is 0 Å². The van der Waals surface area contributed by atoms with Gasteiger partial charge in [0.15, 0.2) is 0 Å². The van der Waals surface area contributed by atoms with Gasteiger partial charge in [-0.15, -0.1) is 0 Å². The van der Waals surface area contributed by atoms with Crippen LogP contribution in [-0.4, -0.2) is 9.97 Å². The molecule has 0 atom stereocenters. The van der Waals surface area contributed by atoms with Crippen molar-refractivity contribution >= 4 is 22.5 Å². The summed E-state index contributed by atoms with van der Waals surface area (Å²) >= 11 is 0. The Morgan fingerprint density at radius 3 is 2.63 bits per heavy atom. The molecule has 3 aromatic rings. The number of rotatable bonds is 1. The number of hydrogen-bond donors (Lipinski definition) is 2. The lowest BCUT2D eigenvalue weighted by Crippen LogP contribution is -1.99. The van der Waals surface area contributed by atoms with E-state index in [1.54, 1.807) is 30.5 Å². The average molecular weight is 254 g/mol. The van der Waals surface area contributed by atoms with Gasteiger partial charge >= 0.3 is 0 Å². The number of nitrogens with two attached hydrogens (primary N) is 2. The minimum atomic E-state index is -0.341. The quantitative estimate of drug-likeness (QED) is 0.699. The first-order valence-electron chi connectivity index (χ1n) is 5.72. The topological polar surface area (TPSA) is 77.8 Å². The van der Waals surface area contributed by atoms with Gasteiger partial charge in [-0.2, -0.15) is 0 Å². The number of nitrogen functional groups attached to an aromatic ring is 2. The van der Waals surface area contributed by atoms with Crippen LogP contribution >= 0.6 is 0 Å². The lowest BCUT2D eigenvalue weighted by atomic mass is 10.0. The molecule has 0 unspecified atom stereocenters. The predicted molar refractivity (Wildman–Crippen MR) is 73.8 cm³/mol. The fraction of sp³-hybridized carbons (Fsp3) is 0. The fourth-order valence-corrected chi connectivity index (χ4v) is 2.08. The van der Waals surface area contributed by atoms with E-state index in [0.29, 0.717) is 27.8 Å². The lowest BCUT2D eigenvalue weighted by molar-refractivity contribution is 0.630. The van der Waals surface area contributed by atoms with Gasteiger partial charge in [0.05, 0.1) is 5.52 Å². The molecule has 0 bridgehead atoms. The molecule has 0 radical (unpaired) electrons. The lowest BCUT2D eigenvalue weighted by Gasteiger charge is -2.09. The molecule has 0 saturated carbocycles. The normalized spacial score (nSPS) is 10.8. The molecule has 0 aliphatic rings. The Balaban J connectivity index is 2.35. The van der Waals surface area contributed by atoms with Gasteiger partial charge in [-0.1, -0.05) is 6.07 Å². The SMILES string of the molecule is Nc1ccc(-c2cc(F)cc3cccnc23)c(N)n1. The first-order valence-corrected chi connectivity index (χ1v) is 5.72. The number of aromatic nitrogens is 2. The van der Waals surface area contributed by atoms with Crippen LogP contribution < -0.4 is 11.5 Å². The second-order valence-electron chi connectivity index (χ2n) is 4.20. The molecule has 3 rings (SSSR count). The third-order valence-electron chi connectivity index (χ3n) is 2.91. The summed E-state index contributed by atoms with van der Waals surface area (Å²) < 4.78 is 13.7. The molecule has 0 fully saturated rings. The van der Waals surface area contributed by atoms with E-state index < -0.39 is 0 Å². The molecule has 0 aliphatic carbocycles. The maximum Gasteiger partial charge on any atom is 0.133 e. The third kappa shape index (κ3) is 1.95. The van der Waals surface area contributed by atoms with Crippen molar-refractivity contribution in [2.45, 2.75) is 0 Å². The Kier molecular flexibility index (Phi) is 2.52. The summed E-state index contributed by atoms with van der Waals surface area (Å²) in [4.78, 5) is 8.27. The Bertz CT molecular complexity index is 770. The minimum absolute atomic E-state index is 0.262. The minimum Gasteiger partial charge on any atom is -0.384 e. The van der Waals surface area contributed by atoms with E-state index in [1.165, 1.54) is 12.1 Å². The van der Waals surface area contributed by atoms with Crippen molar-refractivity contribution in [3.8, 4) is 11.1 Å².